The SMILES string of the molecule is CC1(F)CN(c2ccc(N)cc2)C(=O)CO1.Nc1ccc(N2CCOC(F)(F)C2=O)cc1. The first kappa shape index (κ1) is 23.4. The van der Waals surface area contributed by atoms with Crippen LogP contribution in [0.5, 0.6) is 0 Å². The number of carbonyl (C=O) groups is 2. The Labute approximate surface area is 182 Å². The van der Waals surface area contributed by atoms with Gasteiger partial charge in [-0.15, -0.1) is 0 Å². The lowest BCUT2D eigenvalue weighted by atomic mass is 10.2. The van der Waals surface area contributed by atoms with Crippen LogP contribution in [0.3, 0.4) is 0 Å². The fourth-order valence-corrected chi connectivity index (χ4v) is 3.08. The summed E-state index contributed by atoms with van der Waals surface area (Å²) in [5, 5.41) is 0. The standard InChI is InChI=1S/C11H13FN2O2.C10H10F2N2O2/c1-11(12)7-14(10(15)6-16-11)9-4-2-8(13)3-5-9;11-10(12)9(15)14(5-6-16-10)8-3-1-7(13)2-4-8/h2-5H,6-7,13H2,1H3;1-4H,5-6,13H2. The quantitative estimate of drug-likeness (QED) is 0.678. The molecule has 2 amide bonds. The molecule has 0 aromatic heterocycles. The first-order valence-corrected chi connectivity index (χ1v) is 9.66. The number of hydrogen-bond acceptors (Lipinski definition) is 6. The van der Waals surface area contributed by atoms with Gasteiger partial charge in [0.2, 0.25) is 5.85 Å². The summed E-state index contributed by atoms with van der Waals surface area (Å²) in [5.41, 5.74) is 13.1. The van der Waals surface area contributed by atoms with E-state index in [9.17, 15) is 22.8 Å². The van der Waals surface area contributed by atoms with Crippen LogP contribution in [0.1, 0.15) is 6.92 Å². The van der Waals surface area contributed by atoms with Crippen LogP contribution in [0.15, 0.2) is 48.5 Å². The molecule has 32 heavy (non-hydrogen) atoms. The van der Waals surface area contributed by atoms with E-state index in [1.165, 1.54) is 24.0 Å². The molecule has 11 heteroatoms. The maximum absolute atomic E-state index is 13.6. The third-order valence-electron chi connectivity index (χ3n) is 4.74. The van der Waals surface area contributed by atoms with Crippen molar-refractivity contribution in [3.05, 3.63) is 48.5 Å². The van der Waals surface area contributed by atoms with Crippen LogP contribution in [0.2, 0.25) is 0 Å². The van der Waals surface area contributed by atoms with Gasteiger partial charge in [-0.3, -0.25) is 9.59 Å². The molecule has 0 aliphatic carbocycles. The van der Waals surface area contributed by atoms with Crippen LogP contribution in [-0.2, 0) is 19.1 Å². The monoisotopic (exact) mass is 452 g/mol. The van der Waals surface area contributed by atoms with E-state index in [1.807, 2.05) is 0 Å². The van der Waals surface area contributed by atoms with Crippen molar-refractivity contribution in [2.75, 3.05) is 47.6 Å². The van der Waals surface area contributed by atoms with Crippen LogP contribution in [-0.4, -0.2) is 50.1 Å². The predicted molar refractivity (Wildman–Crippen MR) is 113 cm³/mol. The van der Waals surface area contributed by atoms with Crippen molar-refractivity contribution in [1.29, 1.82) is 0 Å². The number of nitrogen functional groups attached to an aromatic ring is 2. The van der Waals surface area contributed by atoms with Crippen LogP contribution in [0, 0.1) is 0 Å². The minimum atomic E-state index is -3.74. The molecule has 8 nitrogen and oxygen atoms in total. The van der Waals surface area contributed by atoms with Gasteiger partial charge in [-0.2, -0.15) is 8.78 Å². The molecule has 2 saturated heterocycles. The van der Waals surface area contributed by atoms with Crippen LogP contribution < -0.4 is 21.3 Å². The zero-order valence-corrected chi connectivity index (χ0v) is 17.3. The topological polar surface area (TPSA) is 111 Å². The zero-order valence-electron chi connectivity index (χ0n) is 17.3. The molecule has 2 aliphatic rings. The van der Waals surface area contributed by atoms with Gasteiger partial charge in [0.15, 0.2) is 0 Å². The van der Waals surface area contributed by atoms with E-state index in [2.05, 4.69) is 4.74 Å². The second-order valence-corrected chi connectivity index (χ2v) is 7.38. The van der Waals surface area contributed by atoms with Crippen molar-refractivity contribution in [3.8, 4) is 0 Å². The van der Waals surface area contributed by atoms with Crippen molar-refractivity contribution in [2.45, 2.75) is 18.9 Å². The van der Waals surface area contributed by atoms with Crippen molar-refractivity contribution in [2.24, 2.45) is 0 Å². The zero-order chi connectivity index (χ0) is 23.5. The minimum Gasteiger partial charge on any atom is -0.399 e. The lowest BCUT2D eigenvalue weighted by Crippen LogP contribution is -2.52. The lowest BCUT2D eigenvalue weighted by Gasteiger charge is -2.34. The highest BCUT2D eigenvalue weighted by molar-refractivity contribution is 5.98. The van der Waals surface area contributed by atoms with Gasteiger partial charge in [-0.1, -0.05) is 0 Å². The molecule has 2 aromatic rings. The third kappa shape index (κ3) is 5.48. The number of morpholine rings is 2. The number of alkyl halides is 3. The summed E-state index contributed by atoms with van der Waals surface area (Å²) >= 11 is 0. The van der Waals surface area contributed by atoms with Crippen molar-refractivity contribution < 1.29 is 32.2 Å². The molecule has 0 bridgehead atoms. The molecule has 0 spiro atoms. The maximum Gasteiger partial charge on any atom is 0.437 e. The smallest absolute Gasteiger partial charge is 0.399 e. The van der Waals surface area contributed by atoms with Crippen LogP contribution in [0.4, 0.5) is 35.9 Å². The number of benzene rings is 2. The Morgan fingerprint density at radius 3 is 1.88 bits per heavy atom. The third-order valence-corrected chi connectivity index (χ3v) is 4.74. The van der Waals surface area contributed by atoms with Gasteiger partial charge < -0.3 is 30.7 Å². The predicted octanol–water partition coefficient (Wildman–Crippen LogP) is 2.54. The van der Waals surface area contributed by atoms with E-state index in [0.717, 1.165) is 4.90 Å². The van der Waals surface area contributed by atoms with Gasteiger partial charge >= 0.3 is 12.0 Å². The van der Waals surface area contributed by atoms with E-state index < -0.39 is 17.9 Å². The van der Waals surface area contributed by atoms with Crippen molar-refractivity contribution in [3.63, 3.8) is 0 Å². The van der Waals surface area contributed by atoms with Crippen molar-refractivity contribution in [1.82, 2.24) is 0 Å². The van der Waals surface area contributed by atoms with Gasteiger partial charge in [0, 0.05) is 29.3 Å². The minimum absolute atomic E-state index is 0.101. The van der Waals surface area contributed by atoms with Crippen LogP contribution in [0.25, 0.3) is 0 Å². The number of rotatable bonds is 2. The van der Waals surface area contributed by atoms with E-state index in [1.54, 1.807) is 36.4 Å². The number of carbonyl (C=O) groups excluding carboxylic acids is 2. The number of anilines is 4. The average molecular weight is 452 g/mol. The summed E-state index contributed by atoms with van der Waals surface area (Å²) in [6.45, 7) is 0.887. The fourth-order valence-electron chi connectivity index (χ4n) is 3.08. The van der Waals surface area contributed by atoms with Gasteiger partial charge in [-0.05, 0) is 55.5 Å². The molecule has 0 saturated carbocycles. The molecule has 1 atom stereocenters. The first-order valence-electron chi connectivity index (χ1n) is 9.66. The number of nitrogens with two attached hydrogens (primary N) is 2. The fraction of sp³-hybridized carbons (Fsp3) is 0.333. The average Bonchev–Trinajstić information content (AvgIpc) is 2.74. The molecule has 0 radical (unpaired) electrons. The number of ether oxygens (including phenoxy) is 2. The molecule has 2 heterocycles. The van der Waals surface area contributed by atoms with Gasteiger partial charge in [0.05, 0.1) is 13.2 Å². The number of amides is 2. The Balaban J connectivity index is 0.000000181. The summed E-state index contributed by atoms with van der Waals surface area (Å²) in [5.74, 6) is -3.39. The van der Waals surface area contributed by atoms with E-state index in [0.29, 0.717) is 22.7 Å². The molecule has 172 valence electrons. The highest BCUT2D eigenvalue weighted by Crippen LogP contribution is 2.28. The largest absolute Gasteiger partial charge is 0.437 e. The summed E-state index contributed by atoms with van der Waals surface area (Å²) in [6.07, 6.45) is -3.74. The summed E-state index contributed by atoms with van der Waals surface area (Å²) in [7, 11) is 0. The van der Waals surface area contributed by atoms with Gasteiger partial charge in [-0.25, -0.2) is 4.39 Å². The molecule has 2 aliphatic heterocycles. The second-order valence-electron chi connectivity index (χ2n) is 7.38. The molecular weight excluding hydrogens is 429 g/mol. The van der Waals surface area contributed by atoms with E-state index in [-0.39, 0.29) is 32.2 Å². The number of hydrogen-bond donors (Lipinski definition) is 2. The number of nitrogens with zero attached hydrogens (tertiary/aromatic N) is 2. The van der Waals surface area contributed by atoms with Crippen molar-refractivity contribution >= 4 is 34.6 Å². The molecule has 2 aromatic carbocycles. The summed E-state index contributed by atoms with van der Waals surface area (Å²) < 4.78 is 48.4. The normalized spacial score (nSPS) is 22.9. The first-order chi connectivity index (χ1) is 15.0. The Morgan fingerprint density at radius 2 is 1.34 bits per heavy atom. The van der Waals surface area contributed by atoms with Gasteiger partial charge in [0.25, 0.3) is 5.91 Å². The summed E-state index contributed by atoms with van der Waals surface area (Å²) in [4.78, 5) is 25.3. The summed E-state index contributed by atoms with van der Waals surface area (Å²) in [6, 6.07) is 12.9. The van der Waals surface area contributed by atoms with Gasteiger partial charge in [0.1, 0.15) is 6.61 Å². The highest BCUT2D eigenvalue weighted by Gasteiger charge is 2.47. The Hall–Kier alpha value is -3.31. The molecule has 1 unspecified atom stereocenters. The Kier molecular flexibility index (Phi) is 6.60. The maximum atomic E-state index is 13.6. The lowest BCUT2D eigenvalue weighted by molar-refractivity contribution is -0.235. The second kappa shape index (κ2) is 9.05. The number of halogens is 3. The molecule has 4 rings (SSSR count). The van der Waals surface area contributed by atoms with E-state index in [4.69, 9.17) is 16.2 Å². The van der Waals surface area contributed by atoms with E-state index >= 15 is 0 Å². The Bertz CT molecular complexity index is 925. The molecule has 4 N–H and O–H groups in total. The molecule has 2 fully saturated rings. The molecular formula is C21H23F3N4O4. The Morgan fingerprint density at radius 1 is 0.844 bits per heavy atom. The van der Waals surface area contributed by atoms with Crippen LogP contribution >= 0.6 is 0 Å². The highest BCUT2D eigenvalue weighted by atomic mass is 19.3.